The van der Waals surface area contributed by atoms with Crippen molar-refractivity contribution in [1.82, 2.24) is 0 Å². The van der Waals surface area contributed by atoms with Gasteiger partial charge >= 0.3 is 6.18 Å². The van der Waals surface area contributed by atoms with Crippen molar-refractivity contribution in [3.63, 3.8) is 0 Å². The third kappa shape index (κ3) is 3.72. The lowest BCUT2D eigenvalue weighted by Crippen LogP contribution is -2.40. The second-order valence-corrected chi connectivity index (χ2v) is 4.97. The van der Waals surface area contributed by atoms with Crippen molar-refractivity contribution in [2.24, 2.45) is 5.73 Å². The van der Waals surface area contributed by atoms with Crippen LogP contribution < -0.4 is 5.73 Å². The largest absolute Gasteiger partial charge is 0.402 e. The number of hydrogen-bond donors (Lipinski definition) is 1. The topological polar surface area (TPSA) is 26.0 Å². The van der Waals surface area contributed by atoms with Gasteiger partial charge < -0.3 is 5.73 Å². The van der Waals surface area contributed by atoms with Crippen molar-refractivity contribution in [3.05, 3.63) is 29.8 Å². The standard InChI is InChI=1S/C11H14F3NS/c1-7-3-5-9(6-4-7)16-10(8(2)15)11(12,13)14/h3-6,8,10H,15H2,1-2H3. The summed E-state index contributed by atoms with van der Waals surface area (Å²) in [6.07, 6.45) is -4.27. The maximum Gasteiger partial charge on any atom is 0.402 e. The smallest absolute Gasteiger partial charge is 0.327 e. The van der Waals surface area contributed by atoms with Crippen molar-refractivity contribution < 1.29 is 13.2 Å². The summed E-state index contributed by atoms with van der Waals surface area (Å²) in [6.45, 7) is 3.26. The summed E-state index contributed by atoms with van der Waals surface area (Å²) in [5, 5.41) is -1.56. The minimum atomic E-state index is -4.27. The van der Waals surface area contributed by atoms with E-state index in [9.17, 15) is 13.2 Å². The van der Waals surface area contributed by atoms with E-state index in [1.54, 1.807) is 24.3 Å². The van der Waals surface area contributed by atoms with Gasteiger partial charge in [0.2, 0.25) is 0 Å². The second kappa shape index (κ2) is 5.10. The van der Waals surface area contributed by atoms with E-state index in [4.69, 9.17) is 5.73 Å². The fourth-order valence-electron chi connectivity index (χ4n) is 1.24. The molecule has 0 aliphatic heterocycles. The molecular formula is C11H14F3NS. The Bertz CT molecular complexity index is 332. The molecule has 1 aromatic rings. The molecule has 0 amide bonds. The molecule has 1 aromatic carbocycles. The van der Waals surface area contributed by atoms with Crippen molar-refractivity contribution in [1.29, 1.82) is 0 Å². The fourth-order valence-corrected chi connectivity index (χ4v) is 2.17. The highest BCUT2D eigenvalue weighted by atomic mass is 32.2. The summed E-state index contributed by atoms with van der Waals surface area (Å²) in [6, 6.07) is 6.02. The molecule has 0 spiro atoms. The molecule has 90 valence electrons. The Hall–Kier alpha value is -0.680. The molecule has 0 fully saturated rings. The van der Waals surface area contributed by atoms with Crippen LogP contribution in [0.15, 0.2) is 29.2 Å². The molecular weight excluding hydrogens is 235 g/mol. The fraction of sp³-hybridized carbons (Fsp3) is 0.455. The molecule has 16 heavy (non-hydrogen) atoms. The molecule has 0 aliphatic rings. The number of hydrogen-bond acceptors (Lipinski definition) is 2. The monoisotopic (exact) mass is 249 g/mol. The van der Waals surface area contributed by atoms with Gasteiger partial charge in [0.15, 0.2) is 0 Å². The molecule has 0 heterocycles. The van der Waals surface area contributed by atoms with Crippen LogP contribution in [0, 0.1) is 6.92 Å². The minimum Gasteiger partial charge on any atom is -0.327 e. The molecule has 2 unspecified atom stereocenters. The summed E-state index contributed by atoms with van der Waals surface area (Å²) < 4.78 is 37.9. The maximum atomic E-state index is 12.6. The summed E-state index contributed by atoms with van der Waals surface area (Å²) in [4.78, 5) is 0.588. The zero-order valence-corrected chi connectivity index (χ0v) is 9.90. The lowest BCUT2D eigenvalue weighted by molar-refractivity contribution is -0.131. The van der Waals surface area contributed by atoms with Crippen molar-refractivity contribution in [3.8, 4) is 0 Å². The van der Waals surface area contributed by atoms with Gasteiger partial charge in [0.25, 0.3) is 0 Å². The average molecular weight is 249 g/mol. The highest BCUT2D eigenvalue weighted by Gasteiger charge is 2.42. The van der Waals surface area contributed by atoms with E-state index in [0.717, 1.165) is 17.3 Å². The second-order valence-electron chi connectivity index (χ2n) is 3.75. The highest BCUT2D eigenvalue weighted by Crippen LogP contribution is 2.36. The van der Waals surface area contributed by atoms with Crippen LogP contribution in [0.2, 0.25) is 0 Å². The Morgan fingerprint density at radius 3 is 2.06 bits per heavy atom. The summed E-state index contributed by atoms with van der Waals surface area (Å²) in [7, 11) is 0. The normalized spacial score (nSPS) is 15.9. The third-order valence-electron chi connectivity index (χ3n) is 2.08. The number of rotatable bonds is 3. The van der Waals surface area contributed by atoms with Gasteiger partial charge in [0.05, 0.1) is 0 Å². The molecule has 0 aliphatic carbocycles. The molecule has 2 atom stereocenters. The SMILES string of the molecule is Cc1ccc(SC(C(C)N)C(F)(F)F)cc1. The molecule has 0 bridgehead atoms. The quantitative estimate of drug-likeness (QED) is 0.831. The molecule has 2 N–H and O–H groups in total. The zero-order valence-electron chi connectivity index (χ0n) is 9.08. The zero-order chi connectivity index (χ0) is 12.3. The van der Waals surface area contributed by atoms with Gasteiger partial charge in [0.1, 0.15) is 5.25 Å². The third-order valence-corrected chi connectivity index (χ3v) is 3.58. The summed E-state index contributed by atoms with van der Waals surface area (Å²) in [5.74, 6) is 0. The molecule has 0 radical (unpaired) electrons. The highest BCUT2D eigenvalue weighted by molar-refractivity contribution is 8.00. The van der Waals surface area contributed by atoms with E-state index in [1.165, 1.54) is 6.92 Å². The molecule has 1 rings (SSSR count). The van der Waals surface area contributed by atoms with Crippen LogP contribution in [0.3, 0.4) is 0 Å². The van der Waals surface area contributed by atoms with Gasteiger partial charge in [-0.2, -0.15) is 13.2 Å². The number of benzene rings is 1. The molecule has 1 nitrogen and oxygen atoms in total. The summed E-state index contributed by atoms with van der Waals surface area (Å²) >= 11 is 0.762. The van der Waals surface area contributed by atoms with E-state index < -0.39 is 17.5 Å². The lowest BCUT2D eigenvalue weighted by atomic mass is 10.2. The van der Waals surface area contributed by atoms with Crippen LogP contribution in [0.25, 0.3) is 0 Å². The number of alkyl halides is 3. The molecule has 5 heteroatoms. The first-order chi connectivity index (χ1) is 7.30. The van der Waals surface area contributed by atoms with Crippen LogP contribution in [0.4, 0.5) is 13.2 Å². The minimum absolute atomic E-state index is 0.588. The van der Waals surface area contributed by atoms with Gasteiger partial charge in [0, 0.05) is 10.9 Å². The number of halogens is 3. The predicted molar refractivity (Wildman–Crippen MR) is 60.5 cm³/mol. The Morgan fingerprint density at radius 1 is 1.19 bits per heavy atom. The van der Waals surface area contributed by atoms with E-state index in [1.807, 2.05) is 6.92 Å². The van der Waals surface area contributed by atoms with Gasteiger partial charge in [-0.25, -0.2) is 0 Å². The molecule has 0 saturated heterocycles. The van der Waals surface area contributed by atoms with E-state index in [0.29, 0.717) is 4.90 Å². The predicted octanol–water partition coefficient (Wildman–Crippen LogP) is 3.37. The van der Waals surface area contributed by atoms with Crippen molar-refractivity contribution in [2.45, 2.75) is 36.2 Å². The number of thioether (sulfide) groups is 1. The van der Waals surface area contributed by atoms with E-state index >= 15 is 0 Å². The Morgan fingerprint density at radius 2 is 1.69 bits per heavy atom. The molecule has 0 saturated carbocycles. The van der Waals surface area contributed by atoms with Crippen LogP contribution in [-0.4, -0.2) is 17.5 Å². The first-order valence-corrected chi connectivity index (χ1v) is 5.74. The van der Waals surface area contributed by atoms with Crippen molar-refractivity contribution >= 4 is 11.8 Å². The lowest BCUT2D eigenvalue weighted by Gasteiger charge is -2.23. The number of nitrogens with two attached hydrogens (primary N) is 1. The van der Waals surface area contributed by atoms with Gasteiger partial charge in [-0.3, -0.25) is 0 Å². The first kappa shape index (κ1) is 13.4. The van der Waals surface area contributed by atoms with Crippen LogP contribution >= 0.6 is 11.8 Å². The van der Waals surface area contributed by atoms with Crippen LogP contribution in [0.5, 0.6) is 0 Å². The maximum absolute atomic E-state index is 12.6. The Balaban J connectivity index is 2.80. The van der Waals surface area contributed by atoms with Crippen LogP contribution in [0.1, 0.15) is 12.5 Å². The van der Waals surface area contributed by atoms with E-state index in [-0.39, 0.29) is 0 Å². The van der Waals surface area contributed by atoms with Gasteiger partial charge in [-0.05, 0) is 26.0 Å². The average Bonchev–Trinajstić information content (AvgIpc) is 2.14. The number of aryl methyl sites for hydroxylation is 1. The summed E-state index contributed by atoms with van der Waals surface area (Å²) in [5.41, 5.74) is 6.38. The first-order valence-electron chi connectivity index (χ1n) is 4.86. The van der Waals surface area contributed by atoms with Crippen molar-refractivity contribution in [2.75, 3.05) is 0 Å². The molecule has 0 aromatic heterocycles. The van der Waals surface area contributed by atoms with Gasteiger partial charge in [-0.15, -0.1) is 11.8 Å². The Kier molecular flexibility index (Phi) is 4.27. The Labute approximate surface area is 97.2 Å². The van der Waals surface area contributed by atoms with Gasteiger partial charge in [-0.1, -0.05) is 17.7 Å². The van der Waals surface area contributed by atoms with Crippen LogP contribution in [-0.2, 0) is 0 Å². The van der Waals surface area contributed by atoms with E-state index in [2.05, 4.69) is 0 Å².